The van der Waals surface area contributed by atoms with Gasteiger partial charge < -0.3 is 10.1 Å². The summed E-state index contributed by atoms with van der Waals surface area (Å²) in [6.45, 7) is 0. The SMILES string of the molecule is O=c1[nH]c(=S)[nH]c(O)c1C=Nc1cccc(F)c1. The highest BCUT2D eigenvalue weighted by Gasteiger charge is 2.04. The summed E-state index contributed by atoms with van der Waals surface area (Å²) in [6.07, 6.45) is 1.13. The normalized spacial score (nSPS) is 10.9. The van der Waals surface area contributed by atoms with E-state index in [1.807, 2.05) is 0 Å². The van der Waals surface area contributed by atoms with Crippen molar-refractivity contribution in [2.24, 2.45) is 4.99 Å². The van der Waals surface area contributed by atoms with Crippen LogP contribution in [0.25, 0.3) is 0 Å². The average molecular weight is 265 g/mol. The number of nitrogens with zero attached hydrogens (tertiary/aromatic N) is 1. The van der Waals surface area contributed by atoms with E-state index in [2.05, 4.69) is 27.2 Å². The molecule has 0 saturated carbocycles. The first kappa shape index (κ1) is 12.2. The molecule has 2 aromatic rings. The Bertz CT molecular complexity index is 721. The number of H-pyrrole nitrogens is 2. The summed E-state index contributed by atoms with van der Waals surface area (Å²) in [5, 5.41) is 9.50. The molecule has 0 spiro atoms. The number of aromatic nitrogens is 2. The van der Waals surface area contributed by atoms with Gasteiger partial charge in [-0.15, -0.1) is 0 Å². The molecule has 1 aromatic carbocycles. The highest BCUT2D eigenvalue weighted by Crippen LogP contribution is 2.13. The Morgan fingerprint density at radius 2 is 2.17 bits per heavy atom. The molecule has 3 N–H and O–H groups in total. The Morgan fingerprint density at radius 3 is 2.83 bits per heavy atom. The van der Waals surface area contributed by atoms with Crippen molar-refractivity contribution in [3.63, 3.8) is 0 Å². The van der Waals surface area contributed by atoms with Gasteiger partial charge in [0.2, 0.25) is 5.88 Å². The van der Waals surface area contributed by atoms with Crippen LogP contribution in [-0.2, 0) is 0 Å². The van der Waals surface area contributed by atoms with Crippen molar-refractivity contribution in [2.45, 2.75) is 0 Å². The number of hydrogen-bond donors (Lipinski definition) is 3. The molecule has 0 aliphatic carbocycles. The van der Waals surface area contributed by atoms with Crippen molar-refractivity contribution >= 4 is 24.1 Å². The summed E-state index contributed by atoms with van der Waals surface area (Å²) in [5.74, 6) is -0.820. The summed E-state index contributed by atoms with van der Waals surface area (Å²) in [4.78, 5) is 20.1. The average Bonchev–Trinajstić information content (AvgIpc) is 2.27. The third-order valence-electron chi connectivity index (χ3n) is 2.11. The summed E-state index contributed by atoms with van der Waals surface area (Å²) in [5.41, 5.74) is -0.319. The number of aromatic hydroxyl groups is 1. The predicted molar refractivity (Wildman–Crippen MR) is 67.6 cm³/mol. The quantitative estimate of drug-likeness (QED) is 0.574. The van der Waals surface area contributed by atoms with Gasteiger partial charge in [0.25, 0.3) is 5.56 Å². The van der Waals surface area contributed by atoms with Crippen molar-refractivity contribution in [1.82, 2.24) is 9.97 Å². The first-order chi connectivity index (χ1) is 8.56. The van der Waals surface area contributed by atoms with Crippen LogP contribution in [0.15, 0.2) is 34.1 Å². The summed E-state index contributed by atoms with van der Waals surface area (Å²) < 4.78 is 12.9. The topological polar surface area (TPSA) is 81.2 Å². The van der Waals surface area contributed by atoms with E-state index >= 15 is 0 Å². The van der Waals surface area contributed by atoms with E-state index in [1.165, 1.54) is 18.2 Å². The Balaban J connectivity index is 2.41. The first-order valence-corrected chi connectivity index (χ1v) is 5.32. The van der Waals surface area contributed by atoms with Crippen molar-refractivity contribution < 1.29 is 9.50 Å². The van der Waals surface area contributed by atoms with Gasteiger partial charge in [-0.25, -0.2) is 4.39 Å². The lowest BCUT2D eigenvalue weighted by Gasteiger charge is -1.97. The number of aliphatic imine (C=N–C) groups is 1. The molecule has 5 nitrogen and oxygen atoms in total. The number of rotatable bonds is 2. The van der Waals surface area contributed by atoms with E-state index in [1.54, 1.807) is 6.07 Å². The molecule has 0 bridgehead atoms. The fourth-order valence-electron chi connectivity index (χ4n) is 1.30. The molecule has 0 unspecified atom stereocenters. The largest absolute Gasteiger partial charge is 0.494 e. The Kier molecular flexibility index (Phi) is 3.33. The van der Waals surface area contributed by atoms with Crippen LogP contribution < -0.4 is 5.56 Å². The first-order valence-electron chi connectivity index (χ1n) is 4.91. The highest BCUT2D eigenvalue weighted by molar-refractivity contribution is 7.71. The standard InChI is InChI=1S/C11H8FN3O2S/c12-6-2-1-3-7(4-6)13-5-8-9(16)14-11(18)15-10(8)17/h1-5H,(H3,14,15,16,17,18). The molecule has 2 rings (SSSR count). The van der Waals surface area contributed by atoms with Crippen LogP contribution in [0.2, 0.25) is 0 Å². The van der Waals surface area contributed by atoms with E-state index in [9.17, 15) is 14.3 Å². The lowest BCUT2D eigenvalue weighted by atomic mass is 10.3. The maximum atomic E-state index is 12.9. The van der Waals surface area contributed by atoms with Gasteiger partial charge in [0.1, 0.15) is 11.4 Å². The monoisotopic (exact) mass is 265 g/mol. The molecule has 18 heavy (non-hydrogen) atoms. The van der Waals surface area contributed by atoms with Crippen molar-refractivity contribution in [2.75, 3.05) is 0 Å². The second-order valence-corrected chi connectivity index (χ2v) is 3.82. The molecular formula is C11H8FN3O2S. The fourth-order valence-corrected chi connectivity index (χ4v) is 1.49. The van der Waals surface area contributed by atoms with Gasteiger partial charge in [-0.3, -0.25) is 14.8 Å². The smallest absolute Gasteiger partial charge is 0.264 e. The third-order valence-corrected chi connectivity index (χ3v) is 2.31. The maximum absolute atomic E-state index is 12.9. The number of halogens is 1. The van der Waals surface area contributed by atoms with Gasteiger partial charge >= 0.3 is 0 Å². The minimum absolute atomic E-state index is 0.0143. The van der Waals surface area contributed by atoms with Gasteiger partial charge in [-0.2, -0.15) is 0 Å². The van der Waals surface area contributed by atoms with Crippen LogP contribution in [0.1, 0.15) is 5.56 Å². The Morgan fingerprint density at radius 1 is 1.39 bits per heavy atom. The molecule has 0 atom stereocenters. The van der Waals surface area contributed by atoms with Gasteiger partial charge in [0.15, 0.2) is 4.77 Å². The van der Waals surface area contributed by atoms with Gasteiger partial charge in [-0.1, -0.05) is 6.07 Å². The van der Waals surface area contributed by atoms with E-state index in [0.29, 0.717) is 5.69 Å². The molecule has 0 aliphatic rings. The maximum Gasteiger partial charge on any atom is 0.264 e. The second-order valence-electron chi connectivity index (χ2n) is 3.41. The highest BCUT2D eigenvalue weighted by atomic mass is 32.1. The minimum Gasteiger partial charge on any atom is -0.494 e. The summed E-state index contributed by atoms with van der Waals surface area (Å²) in [7, 11) is 0. The number of nitrogens with one attached hydrogen (secondary N) is 2. The minimum atomic E-state index is -0.573. The van der Waals surface area contributed by atoms with Crippen LogP contribution in [0.3, 0.4) is 0 Å². The predicted octanol–water partition coefficient (Wildman–Crippen LogP) is 2.03. The van der Waals surface area contributed by atoms with E-state index in [4.69, 9.17) is 0 Å². The van der Waals surface area contributed by atoms with Crippen LogP contribution >= 0.6 is 12.2 Å². The van der Waals surface area contributed by atoms with Crippen LogP contribution in [-0.4, -0.2) is 21.3 Å². The van der Waals surface area contributed by atoms with Gasteiger partial charge in [0.05, 0.1) is 5.69 Å². The van der Waals surface area contributed by atoms with Crippen LogP contribution in [0, 0.1) is 10.6 Å². The van der Waals surface area contributed by atoms with Crippen molar-refractivity contribution in [3.8, 4) is 5.88 Å². The molecule has 0 aliphatic heterocycles. The zero-order valence-corrected chi connectivity index (χ0v) is 9.79. The molecule has 7 heteroatoms. The zero-order chi connectivity index (χ0) is 13.1. The molecule has 1 heterocycles. The molecule has 1 aromatic heterocycles. The van der Waals surface area contributed by atoms with E-state index < -0.39 is 11.4 Å². The molecule has 0 radical (unpaired) electrons. The lowest BCUT2D eigenvalue weighted by Crippen LogP contribution is -2.13. The fraction of sp³-hybridized carbons (Fsp3) is 0. The summed E-state index contributed by atoms with van der Waals surface area (Å²) >= 11 is 4.68. The second kappa shape index (κ2) is 4.92. The zero-order valence-electron chi connectivity index (χ0n) is 8.98. The lowest BCUT2D eigenvalue weighted by molar-refractivity contribution is 0.449. The molecule has 0 saturated heterocycles. The van der Waals surface area contributed by atoms with Crippen LogP contribution in [0.5, 0.6) is 5.88 Å². The third kappa shape index (κ3) is 2.69. The molecule has 0 fully saturated rings. The van der Waals surface area contributed by atoms with Crippen molar-refractivity contribution in [3.05, 3.63) is 50.8 Å². The Hall–Kier alpha value is -2.28. The van der Waals surface area contributed by atoms with Crippen LogP contribution in [0.4, 0.5) is 10.1 Å². The van der Waals surface area contributed by atoms with E-state index in [0.717, 1.165) is 6.21 Å². The molecular weight excluding hydrogens is 257 g/mol. The Labute approximate surface area is 106 Å². The van der Waals surface area contributed by atoms with Crippen molar-refractivity contribution in [1.29, 1.82) is 0 Å². The van der Waals surface area contributed by atoms with Gasteiger partial charge in [0, 0.05) is 6.21 Å². The summed E-state index contributed by atoms with van der Waals surface area (Å²) in [6, 6.07) is 5.54. The van der Waals surface area contributed by atoms with Gasteiger partial charge in [-0.05, 0) is 30.4 Å². The number of aromatic amines is 2. The molecule has 92 valence electrons. The van der Waals surface area contributed by atoms with E-state index in [-0.39, 0.29) is 16.2 Å². The molecule has 0 amide bonds. The number of hydrogen-bond acceptors (Lipinski definition) is 4. The number of benzene rings is 1.